The molecule has 0 bridgehead atoms. The average Bonchev–Trinajstić information content (AvgIpc) is 2.57. The molecule has 1 fully saturated rings. The molecule has 0 N–H and O–H groups in total. The maximum absolute atomic E-state index is 14.5. The maximum Gasteiger partial charge on any atom is 0.487 e. The van der Waals surface area contributed by atoms with Gasteiger partial charge in [0, 0.05) is 11.6 Å². The Morgan fingerprint density at radius 1 is 0.821 bits per heavy atom. The Hall–Kier alpha value is -1.96. The molecule has 1 saturated carbocycles. The van der Waals surface area contributed by atoms with E-state index in [4.69, 9.17) is 0 Å². The zero-order chi connectivity index (χ0) is 20.6. The zero-order valence-corrected chi connectivity index (χ0v) is 15.0. The van der Waals surface area contributed by atoms with Crippen LogP contribution in [0.2, 0.25) is 0 Å². The Morgan fingerprint density at radius 2 is 1.32 bits per heavy atom. The smallest absolute Gasteiger partial charge is 0.414 e. The number of benzene rings is 2. The van der Waals surface area contributed by atoms with Crippen molar-refractivity contribution in [3.05, 3.63) is 53.1 Å². The van der Waals surface area contributed by atoms with Crippen molar-refractivity contribution >= 4 is 11.6 Å². The van der Waals surface area contributed by atoms with Crippen molar-refractivity contribution in [3.8, 4) is 16.9 Å². The molecule has 152 valence electrons. The first-order chi connectivity index (χ1) is 13.0. The lowest BCUT2D eigenvalue weighted by molar-refractivity contribution is -0.100. The van der Waals surface area contributed by atoms with Gasteiger partial charge in [-0.3, -0.25) is 0 Å². The lowest BCUT2D eigenvalue weighted by Crippen LogP contribution is -2.17. The van der Waals surface area contributed by atoms with Crippen molar-refractivity contribution in [1.82, 2.24) is 0 Å². The average molecular weight is 427 g/mol. The van der Waals surface area contributed by atoms with Crippen molar-refractivity contribution in [2.75, 3.05) is 0 Å². The van der Waals surface area contributed by atoms with E-state index in [1.165, 1.54) is 0 Å². The number of halogens is 8. The van der Waals surface area contributed by atoms with Crippen LogP contribution >= 0.6 is 11.6 Å². The van der Waals surface area contributed by atoms with Gasteiger partial charge < -0.3 is 4.74 Å². The number of hydrogen-bond donors (Lipinski definition) is 0. The standard InChI is InChI=1S/C19H14ClF7O/c20-19(26,27)28-18-15(24)7-11(8-16(18)25)17-13(22)5-10(6-14(17)23)9-1-3-12(21)4-2-9/h5-9,12H,1-4H2. The summed E-state index contributed by atoms with van der Waals surface area (Å²) < 4.78 is 99.2. The summed E-state index contributed by atoms with van der Waals surface area (Å²) in [6.45, 7) is 0. The maximum atomic E-state index is 14.5. The molecule has 0 heterocycles. The van der Waals surface area contributed by atoms with Crippen LogP contribution in [0.25, 0.3) is 11.1 Å². The van der Waals surface area contributed by atoms with Gasteiger partial charge in [0.05, 0.1) is 5.56 Å². The van der Waals surface area contributed by atoms with Crippen LogP contribution < -0.4 is 4.74 Å². The lowest BCUT2D eigenvalue weighted by Gasteiger charge is -2.25. The van der Waals surface area contributed by atoms with Crippen molar-refractivity contribution in [2.45, 2.75) is 43.3 Å². The molecule has 0 unspecified atom stereocenters. The fourth-order valence-electron chi connectivity index (χ4n) is 3.41. The molecule has 0 saturated heterocycles. The lowest BCUT2D eigenvalue weighted by atomic mass is 9.82. The Labute approximate surface area is 161 Å². The summed E-state index contributed by atoms with van der Waals surface area (Å²) >= 11 is 4.49. The van der Waals surface area contributed by atoms with Crippen LogP contribution in [0, 0.1) is 23.3 Å². The monoisotopic (exact) mass is 426 g/mol. The molecule has 28 heavy (non-hydrogen) atoms. The highest BCUT2D eigenvalue weighted by molar-refractivity contribution is 6.20. The Morgan fingerprint density at radius 3 is 1.79 bits per heavy atom. The van der Waals surface area contributed by atoms with E-state index in [2.05, 4.69) is 16.3 Å². The summed E-state index contributed by atoms with van der Waals surface area (Å²) in [6, 6.07) is 3.01. The quantitative estimate of drug-likeness (QED) is 0.375. The van der Waals surface area contributed by atoms with E-state index in [0.29, 0.717) is 43.4 Å². The van der Waals surface area contributed by atoms with Gasteiger partial charge in [-0.1, -0.05) is 0 Å². The molecule has 0 aromatic heterocycles. The van der Waals surface area contributed by atoms with Gasteiger partial charge in [-0.2, -0.15) is 0 Å². The molecule has 0 aliphatic heterocycles. The van der Waals surface area contributed by atoms with E-state index in [1.54, 1.807) is 0 Å². The van der Waals surface area contributed by atoms with Crippen molar-refractivity contribution in [3.63, 3.8) is 0 Å². The molecular weight excluding hydrogens is 413 g/mol. The number of rotatable bonds is 4. The third kappa shape index (κ3) is 4.54. The Balaban J connectivity index is 1.96. The highest BCUT2D eigenvalue weighted by atomic mass is 35.5. The SMILES string of the molecule is Fc1cc(-c2c(F)cc(C3CCC(F)CC3)cc2F)cc(F)c1OC(F)(F)Cl. The first-order valence-electron chi connectivity index (χ1n) is 8.43. The van der Waals surface area contributed by atoms with E-state index < -0.39 is 51.9 Å². The molecule has 1 aliphatic carbocycles. The molecule has 2 aromatic carbocycles. The molecular formula is C19H14ClF7O. The van der Waals surface area contributed by atoms with Crippen LogP contribution in [0.5, 0.6) is 5.75 Å². The highest BCUT2D eigenvalue weighted by Gasteiger charge is 2.32. The summed E-state index contributed by atoms with van der Waals surface area (Å²) in [5.41, 5.74) is -5.28. The van der Waals surface area contributed by atoms with Gasteiger partial charge in [-0.05, 0) is 67.0 Å². The third-order valence-electron chi connectivity index (χ3n) is 4.70. The summed E-state index contributed by atoms with van der Waals surface area (Å²) in [5, 5.41) is 0. The number of ether oxygens (including phenoxy) is 1. The molecule has 0 spiro atoms. The van der Waals surface area contributed by atoms with Crippen LogP contribution in [0.15, 0.2) is 24.3 Å². The van der Waals surface area contributed by atoms with Crippen molar-refractivity contribution in [1.29, 1.82) is 0 Å². The molecule has 0 amide bonds. The fourth-order valence-corrected chi connectivity index (χ4v) is 3.48. The van der Waals surface area contributed by atoms with Gasteiger partial charge in [0.2, 0.25) is 0 Å². The summed E-state index contributed by atoms with van der Waals surface area (Å²) in [4.78, 5) is 0. The van der Waals surface area contributed by atoms with Crippen LogP contribution in [-0.2, 0) is 0 Å². The van der Waals surface area contributed by atoms with Crippen molar-refractivity contribution < 1.29 is 35.5 Å². The first kappa shape index (κ1) is 20.8. The summed E-state index contributed by atoms with van der Waals surface area (Å²) in [5.74, 6) is -7.04. The number of alkyl halides is 4. The predicted octanol–water partition coefficient (Wildman–Crippen LogP) is 7.07. The molecule has 0 atom stereocenters. The second-order valence-corrected chi connectivity index (χ2v) is 7.07. The zero-order valence-electron chi connectivity index (χ0n) is 14.2. The molecule has 9 heteroatoms. The van der Waals surface area contributed by atoms with Gasteiger partial charge in [-0.25, -0.2) is 22.0 Å². The minimum absolute atomic E-state index is 0.222. The summed E-state index contributed by atoms with van der Waals surface area (Å²) in [6.07, 6.45) is 0.511. The molecule has 3 rings (SSSR count). The Kier molecular flexibility index (Phi) is 5.79. The largest absolute Gasteiger partial charge is 0.487 e. The topological polar surface area (TPSA) is 9.23 Å². The minimum Gasteiger partial charge on any atom is -0.414 e. The summed E-state index contributed by atoms with van der Waals surface area (Å²) in [7, 11) is 0. The van der Waals surface area contributed by atoms with Gasteiger partial charge in [0.1, 0.15) is 17.8 Å². The Bertz CT molecular complexity index is 827. The van der Waals surface area contributed by atoms with E-state index in [0.717, 1.165) is 12.1 Å². The van der Waals surface area contributed by atoms with E-state index in [1.807, 2.05) is 0 Å². The van der Waals surface area contributed by atoms with Gasteiger partial charge in [-0.15, -0.1) is 8.78 Å². The van der Waals surface area contributed by atoms with Gasteiger partial charge >= 0.3 is 5.57 Å². The highest BCUT2D eigenvalue weighted by Crippen LogP contribution is 2.39. The van der Waals surface area contributed by atoms with E-state index in [-0.39, 0.29) is 5.92 Å². The second-order valence-electron chi connectivity index (χ2n) is 6.63. The molecule has 2 aromatic rings. The predicted molar refractivity (Wildman–Crippen MR) is 89.2 cm³/mol. The number of hydrogen-bond acceptors (Lipinski definition) is 1. The van der Waals surface area contributed by atoms with Crippen LogP contribution in [0.4, 0.5) is 30.7 Å². The van der Waals surface area contributed by atoms with Crippen LogP contribution in [0.1, 0.15) is 37.2 Å². The normalized spacial score (nSPS) is 20.3. The van der Waals surface area contributed by atoms with Gasteiger partial charge in [0.25, 0.3) is 0 Å². The molecule has 1 aliphatic rings. The van der Waals surface area contributed by atoms with Gasteiger partial charge in [0.15, 0.2) is 17.4 Å². The van der Waals surface area contributed by atoms with Crippen LogP contribution in [0.3, 0.4) is 0 Å². The van der Waals surface area contributed by atoms with E-state index in [9.17, 15) is 30.7 Å². The van der Waals surface area contributed by atoms with Crippen molar-refractivity contribution in [2.24, 2.45) is 0 Å². The first-order valence-corrected chi connectivity index (χ1v) is 8.81. The van der Waals surface area contributed by atoms with E-state index >= 15 is 0 Å². The minimum atomic E-state index is -4.36. The van der Waals surface area contributed by atoms with Crippen LogP contribution in [-0.4, -0.2) is 11.7 Å². The molecule has 1 nitrogen and oxygen atoms in total. The third-order valence-corrected chi connectivity index (χ3v) is 4.77. The molecule has 0 radical (unpaired) electrons. The fraction of sp³-hybridized carbons (Fsp3) is 0.368. The second kappa shape index (κ2) is 7.81.